The van der Waals surface area contributed by atoms with E-state index in [0.717, 1.165) is 6.42 Å². The van der Waals surface area contributed by atoms with Gasteiger partial charge < -0.3 is 15.3 Å². The van der Waals surface area contributed by atoms with E-state index in [1.54, 1.807) is 21.0 Å². The molecule has 0 bridgehead atoms. The van der Waals surface area contributed by atoms with E-state index in [0.29, 0.717) is 12.8 Å². The maximum Gasteiger partial charge on any atom is 0.319 e. The first kappa shape index (κ1) is 13.5. The van der Waals surface area contributed by atoms with Crippen LogP contribution in [0.5, 0.6) is 0 Å². The second-order valence-corrected chi connectivity index (χ2v) is 4.67. The van der Waals surface area contributed by atoms with Crippen LogP contribution in [-0.4, -0.2) is 47.9 Å². The summed E-state index contributed by atoms with van der Waals surface area (Å²) in [6.45, 7) is 1.55. The van der Waals surface area contributed by atoms with Crippen LogP contribution in [0, 0.1) is 5.41 Å². The zero-order valence-electron chi connectivity index (χ0n) is 10.3. The van der Waals surface area contributed by atoms with Crippen molar-refractivity contribution < 1.29 is 19.5 Å². The van der Waals surface area contributed by atoms with Crippen molar-refractivity contribution in [3.8, 4) is 0 Å². The Balaban J connectivity index is 2.66. The fourth-order valence-electron chi connectivity index (χ4n) is 1.85. The van der Waals surface area contributed by atoms with Gasteiger partial charge in [-0.05, 0) is 19.8 Å². The molecular formula is C11H18N2O4. The average Bonchev–Trinajstić information content (AvgIpc) is 2.13. The van der Waals surface area contributed by atoms with E-state index in [9.17, 15) is 14.4 Å². The molecule has 1 aliphatic carbocycles. The molecule has 0 radical (unpaired) electrons. The molecule has 96 valence electrons. The maximum atomic E-state index is 11.9. The molecule has 1 rings (SSSR count). The summed E-state index contributed by atoms with van der Waals surface area (Å²) in [4.78, 5) is 35.8. The van der Waals surface area contributed by atoms with Crippen molar-refractivity contribution in [2.45, 2.75) is 32.2 Å². The monoisotopic (exact) mass is 242 g/mol. The number of carboxylic acid groups (broad SMARTS) is 1. The van der Waals surface area contributed by atoms with Gasteiger partial charge in [-0.15, -0.1) is 0 Å². The molecule has 2 amide bonds. The molecule has 0 aliphatic heterocycles. The van der Waals surface area contributed by atoms with Gasteiger partial charge in [0.25, 0.3) is 0 Å². The Hall–Kier alpha value is -1.59. The third-order valence-corrected chi connectivity index (χ3v) is 3.21. The molecule has 1 atom stereocenters. The number of aliphatic carboxylic acids is 1. The third kappa shape index (κ3) is 2.40. The minimum atomic E-state index is -1.32. The highest BCUT2D eigenvalue weighted by atomic mass is 16.4. The van der Waals surface area contributed by atoms with Crippen LogP contribution in [-0.2, 0) is 14.4 Å². The molecule has 1 fully saturated rings. The number of hydrogen-bond donors (Lipinski definition) is 2. The number of nitrogens with one attached hydrogen (secondary N) is 1. The zero-order chi connectivity index (χ0) is 13.2. The summed E-state index contributed by atoms with van der Waals surface area (Å²) in [6.07, 6.45) is 1.42. The first-order valence-electron chi connectivity index (χ1n) is 5.57. The van der Waals surface area contributed by atoms with Crippen molar-refractivity contribution >= 4 is 17.8 Å². The van der Waals surface area contributed by atoms with Gasteiger partial charge in [-0.1, -0.05) is 6.42 Å². The Morgan fingerprint density at radius 3 is 2.12 bits per heavy atom. The van der Waals surface area contributed by atoms with Crippen LogP contribution in [0.25, 0.3) is 0 Å². The van der Waals surface area contributed by atoms with E-state index in [2.05, 4.69) is 5.32 Å². The molecule has 0 aromatic carbocycles. The Morgan fingerprint density at radius 2 is 1.82 bits per heavy atom. The predicted octanol–water partition coefficient (Wildman–Crippen LogP) is -0.166. The molecule has 6 nitrogen and oxygen atoms in total. The second kappa shape index (κ2) is 4.73. The first-order chi connectivity index (χ1) is 7.81. The number of hydrogen-bond acceptors (Lipinski definition) is 3. The van der Waals surface area contributed by atoms with Gasteiger partial charge in [-0.25, -0.2) is 0 Å². The third-order valence-electron chi connectivity index (χ3n) is 3.21. The van der Waals surface area contributed by atoms with Crippen LogP contribution >= 0.6 is 0 Å². The Morgan fingerprint density at radius 1 is 1.29 bits per heavy atom. The van der Waals surface area contributed by atoms with Gasteiger partial charge in [0.1, 0.15) is 11.5 Å². The van der Waals surface area contributed by atoms with Crippen LogP contribution in [0.3, 0.4) is 0 Å². The van der Waals surface area contributed by atoms with Crippen molar-refractivity contribution in [3.05, 3.63) is 0 Å². The number of amides is 2. The van der Waals surface area contributed by atoms with Crippen molar-refractivity contribution in [3.63, 3.8) is 0 Å². The summed E-state index contributed by atoms with van der Waals surface area (Å²) in [5.74, 6) is -1.91. The molecule has 1 unspecified atom stereocenters. The summed E-state index contributed by atoms with van der Waals surface area (Å²) in [5.41, 5.74) is -1.32. The molecule has 0 aromatic heterocycles. The normalized spacial score (nSPS) is 18.8. The van der Waals surface area contributed by atoms with Crippen LogP contribution in [0.15, 0.2) is 0 Å². The number of carbonyl (C=O) groups excluding carboxylic acids is 2. The summed E-state index contributed by atoms with van der Waals surface area (Å²) in [7, 11) is 3.17. The molecule has 1 aliphatic rings. The van der Waals surface area contributed by atoms with E-state index in [4.69, 9.17) is 5.11 Å². The van der Waals surface area contributed by atoms with Gasteiger partial charge in [0.15, 0.2) is 0 Å². The van der Waals surface area contributed by atoms with E-state index >= 15 is 0 Å². The zero-order valence-corrected chi connectivity index (χ0v) is 10.3. The van der Waals surface area contributed by atoms with E-state index < -0.39 is 23.3 Å². The van der Waals surface area contributed by atoms with Gasteiger partial charge in [-0.2, -0.15) is 0 Å². The summed E-state index contributed by atoms with van der Waals surface area (Å²) < 4.78 is 0. The Labute approximate surface area is 100.0 Å². The molecule has 1 saturated carbocycles. The molecule has 0 aromatic rings. The highest BCUT2D eigenvalue weighted by Gasteiger charge is 2.51. The standard InChI is InChI=1S/C11H18N2O4/c1-7(8(14)13(2)3)12-9(15)11(10(16)17)5-4-6-11/h7H,4-6H2,1-3H3,(H,12,15)(H,16,17). The lowest BCUT2D eigenvalue weighted by Gasteiger charge is -2.36. The fraction of sp³-hybridized carbons (Fsp3) is 0.727. The summed E-state index contributed by atoms with van der Waals surface area (Å²) in [6, 6.07) is -0.700. The SMILES string of the molecule is CC(NC(=O)C1(C(=O)O)CCC1)C(=O)N(C)C. The number of nitrogens with zero attached hydrogens (tertiary/aromatic N) is 1. The van der Waals surface area contributed by atoms with Gasteiger partial charge in [0.05, 0.1) is 0 Å². The van der Waals surface area contributed by atoms with Crippen LogP contribution in [0.1, 0.15) is 26.2 Å². The number of rotatable bonds is 4. The first-order valence-corrected chi connectivity index (χ1v) is 5.57. The lowest BCUT2D eigenvalue weighted by Crippen LogP contribution is -2.55. The minimum absolute atomic E-state index is 0.252. The van der Waals surface area contributed by atoms with Crippen LogP contribution in [0.4, 0.5) is 0 Å². The predicted molar refractivity (Wildman–Crippen MR) is 60.2 cm³/mol. The van der Waals surface area contributed by atoms with Crippen LogP contribution < -0.4 is 5.32 Å². The molecule has 0 heterocycles. The molecule has 0 saturated heterocycles. The summed E-state index contributed by atoms with van der Waals surface area (Å²) in [5, 5.41) is 11.5. The van der Waals surface area contributed by atoms with Crippen molar-refractivity contribution in [2.24, 2.45) is 5.41 Å². The van der Waals surface area contributed by atoms with Gasteiger partial charge in [0, 0.05) is 14.1 Å². The number of carbonyl (C=O) groups is 3. The van der Waals surface area contributed by atoms with Gasteiger partial charge in [0.2, 0.25) is 11.8 Å². The molecule has 6 heteroatoms. The molecule has 0 spiro atoms. The lowest BCUT2D eigenvalue weighted by molar-refractivity contribution is -0.163. The van der Waals surface area contributed by atoms with E-state index in [1.807, 2.05) is 0 Å². The highest BCUT2D eigenvalue weighted by molar-refractivity contribution is 6.04. The van der Waals surface area contributed by atoms with Crippen molar-refractivity contribution in [1.29, 1.82) is 0 Å². The van der Waals surface area contributed by atoms with Crippen molar-refractivity contribution in [1.82, 2.24) is 10.2 Å². The van der Waals surface area contributed by atoms with Gasteiger partial charge >= 0.3 is 5.97 Å². The van der Waals surface area contributed by atoms with Gasteiger partial charge in [-0.3, -0.25) is 14.4 Å². The Bertz CT molecular complexity index is 347. The van der Waals surface area contributed by atoms with E-state index in [1.165, 1.54) is 4.90 Å². The quantitative estimate of drug-likeness (QED) is 0.670. The van der Waals surface area contributed by atoms with Crippen molar-refractivity contribution in [2.75, 3.05) is 14.1 Å². The molecular weight excluding hydrogens is 224 g/mol. The highest BCUT2D eigenvalue weighted by Crippen LogP contribution is 2.41. The van der Waals surface area contributed by atoms with Crippen LogP contribution in [0.2, 0.25) is 0 Å². The smallest absolute Gasteiger partial charge is 0.319 e. The topological polar surface area (TPSA) is 86.7 Å². The maximum absolute atomic E-state index is 11.9. The summed E-state index contributed by atoms with van der Waals surface area (Å²) >= 11 is 0. The minimum Gasteiger partial charge on any atom is -0.480 e. The largest absolute Gasteiger partial charge is 0.480 e. The molecule has 2 N–H and O–H groups in total. The number of carboxylic acids is 1. The second-order valence-electron chi connectivity index (χ2n) is 4.67. The average molecular weight is 242 g/mol. The lowest BCUT2D eigenvalue weighted by atomic mass is 9.68. The van der Waals surface area contributed by atoms with E-state index in [-0.39, 0.29) is 5.91 Å². The fourth-order valence-corrected chi connectivity index (χ4v) is 1.85. The Kier molecular flexibility index (Phi) is 3.75. The number of likely N-dealkylation sites (N-methyl/N-ethyl adjacent to an activating group) is 1. The molecule has 17 heavy (non-hydrogen) atoms.